The predicted octanol–water partition coefficient (Wildman–Crippen LogP) is 7.13. The second-order valence-corrected chi connectivity index (χ2v) is 9.02. The van der Waals surface area contributed by atoms with Gasteiger partial charge in [0.15, 0.2) is 0 Å². The van der Waals surface area contributed by atoms with E-state index in [1.807, 2.05) is 48.7 Å². The number of aromatic nitrogens is 1. The molecule has 4 nitrogen and oxygen atoms in total. The lowest BCUT2D eigenvalue weighted by molar-refractivity contribution is -0.139. The molecule has 180 valence electrons. The third-order valence-electron chi connectivity index (χ3n) is 5.47. The zero-order chi connectivity index (χ0) is 25.0. The highest BCUT2D eigenvalue weighted by atomic mass is 32.1. The van der Waals surface area contributed by atoms with Gasteiger partial charge in [-0.25, -0.2) is 4.98 Å². The molecule has 8 heteroatoms. The van der Waals surface area contributed by atoms with E-state index < -0.39 is 23.6 Å². The molecular weight excluding hydrogens is 475 g/mol. The van der Waals surface area contributed by atoms with E-state index in [0.717, 1.165) is 34.5 Å². The smallest absolute Gasteiger partial charge is 0.416 e. The van der Waals surface area contributed by atoms with Crippen molar-refractivity contribution in [1.82, 2.24) is 4.98 Å². The summed E-state index contributed by atoms with van der Waals surface area (Å²) in [7, 11) is 0. The number of hydrogen-bond acceptors (Lipinski definition) is 4. The normalized spacial score (nSPS) is 12.3. The number of carbonyl (C=O) groups is 1. The number of aryl methyl sites for hydroxylation is 1. The molecule has 1 unspecified atom stereocenters. The number of carboxylic acid groups (broad SMARTS) is 1. The van der Waals surface area contributed by atoms with E-state index in [1.165, 1.54) is 23.5 Å². The summed E-state index contributed by atoms with van der Waals surface area (Å²) >= 11 is 1.35. The van der Waals surface area contributed by atoms with Crippen LogP contribution in [-0.2, 0) is 24.0 Å². The standard InChI is InChI=1S/C27H22F3NO3S/c1-17-16-35-25(31-17)24(26(32)33)14-18-5-11-23(12-6-18)34-15-19-3-2-4-21(13-19)20-7-9-22(10-8-20)27(28,29)30/h2-13,16,24H,14-15H2,1H3,(H,32,33). The molecule has 35 heavy (non-hydrogen) atoms. The largest absolute Gasteiger partial charge is 0.489 e. The minimum Gasteiger partial charge on any atom is -0.489 e. The second kappa shape index (κ2) is 10.3. The Kier molecular flexibility index (Phi) is 7.21. The minimum absolute atomic E-state index is 0.282. The maximum Gasteiger partial charge on any atom is 0.416 e. The van der Waals surface area contributed by atoms with Crippen molar-refractivity contribution >= 4 is 17.3 Å². The van der Waals surface area contributed by atoms with Crippen LogP contribution in [0.5, 0.6) is 5.75 Å². The quantitative estimate of drug-likeness (QED) is 0.281. The number of nitrogens with zero attached hydrogens (tertiary/aromatic N) is 1. The van der Waals surface area contributed by atoms with Gasteiger partial charge < -0.3 is 9.84 Å². The van der Waals surface area contributed by atoms with E-state index in [0.29, 0.717) is 22.7 Å². The molecule has 0 aliphatic carbocycles. The lowest BCUT2D eigenvalue weighted by Gasteiger charge is -2.12. The van der Waals surface area contributed by atoms with Gasteiger partial charge in [0, 0.05) is 11.1 Å². The molecular formula is C27H22F3NO3S. The Labute approximate surface area is 204 Å². The molecule has 0 amide bonds. The van der Waals surface area contributed by atoms with Crippen LogP contribution >= 0.6 is 11.3 Å². The van der Waals surface area contributed by atoms with Crippen LogP contribution in [0.4, 0.5) is 13.2 Å². The molecule has 1 N–H and O–H groups in total. The van der Waals surface area contributed by atoms with E-state index in [-0.39, 0.29) is 6.61 Å². The van der Waals surface area contributed by atoms with Gasteiger partial charge in [0.1, 0.15) is 23.3 Å². The van der Waals surface area contributed by atoms with Crippen molar-refractivity contribution in [3.05, 3.63) is 106 Å². The zero-order valence-electron chi connectivity index (χ0n) is 18.8. The number of carboxylic acids is 1. The average molecular weight is 498 g/mol. The molecule has 3 aromatic carbocycles. The van der Waals surface area contributed by atoms with Gasteiger partial charge in [-0.05, 0) is 65.9 Å². The van der Waals surface area contributed by atoms with Crippen molar-refractivity contribution < 1.29 is 27.8 Å². The molecule has 1 aromatic heterocycles. The summed E-state index contributed by atoms with van der Waals surface area (Å²) in [4.78, 5) is 16.0. The fourth-order valence-electron chi connectivity index (χ4n) is 3.63. The molecule has 0 radical (unpaired) electrons. The molecule has 1 heterocycles. The molecule has 0 bridgehead atoms. The number of halogens is 3. The summed E-state index contributed by atoms with van der Waals surface area (Å²) in [5.74, 6) is -0.980. The Hall–Kier alpha value is -3.65. The number of aliphatic carboxylic acids is 1. The van der Waals surface area contributed by atoms with Gasteiger partial charge in [-0.3, -0.25) is 4.79 Å². The summed E-state index contributed by atoms with van der Waals surface area (Å²) < 4.78 is 44.3. The van der Waals surface area contributed by atoms with Crippen molar-refractivity contribution in [2.45, 2.75) is 32.0 Å². The molecule has 4 aromatic rings. The van der Waals surface area contributed by atoms with Gasteiger partial charge in [-0.2, -0.15) is 13.2 Å². The maximum atomic E-state index is 12.8. The monoisotopic (exact) mass is 497 g/mol. The number of benzene rings is 3. The first-order valence-corrected chi connectivity index (χ1v) is 11.7. The Balaban J connectivity index is 1.39. The van der Waals surface area contributed by atoms with Crippen molar-refractivity contribution in [1.29, 1.82) is 0 Å². The molecule has 0 aliphatic heterocycles. The number of ether oxygens (including phenoxy) is 1. The average Bonchev–Trinajstić information content (AvgIpc) is 3.27. The van der Waals surface area contributed by atoms with Crippen LogP contribution in [0.2, 0.25) is 0 Å². The third-order valence-corrected chi connectivity index (χ3v) is 6.55. The van der Waals surface area contributed by atoms with Crippen LogP contribution in [0, 0.1) is 6.92 Å². The molecule has 0 aliphatic rings. The fraction of sp³-hybridized carbons (Fsp3) is 0.185. The highest BCUT2D eigenvalue weighted by molar-refractivity contribution is 7.09. The van der Waals surface area contributed by atoms with Gasteiger partial charge in [0.2, 0.25) is 0 Å². The van der Waals surface area contributed by atoms with Gasteiger partial charge in [-0.1, -0.05) is 42.5 Å². The summed E-state index contributed by atoms with van der Waals surface area (Å²) in [6, 6.07) is 19.8. The van der Waals surface area contributed by atoms with Crippen LogP contribution in [0.1, 0.15) is 33.3 Å². The summed E-state index contributed by atoms with van der Waals surface area (Å²) in [5, 5.41) is 12.0. The van der Waals surface area contributed by atoms with Crippen molar-refractivity contribution in [3.63, 3.8) is 0 Å². The van der Waals surface area contributed by atoms with E-state index in [1.54, 1.807) is 12.1 Å². The Morgan fingerprint density at radius 3 is 2.31 bits per heavy atom. The topological polar surface area (TPSA) is 59.4 Å². The molecule has 4 rings (SSSR count). The first kappa shape index (κ1) is 24.5. The third kappa shape index (κ3) is 6.27. The fourth-order valence-corrected chi connectivity index (χ4v) is 4.52. The van der Waals surface area contributed by atoms with E-state index in [2.05, 4.69) is 4.98 Å². The first-order valence-electron chi connectivity index (χ1n) is 10.8. The van der Waals surface area contributed by atoms with Crippen molar-refractivity contribution in [3.8, 4) is 16.9 Å². The summed E-state index contributed by atoms with van der Waals surface area (Å²) in [6.45, 7) is 2.12. The Bertz CT molecular complexity index is 1300. The van der Waals surface area contributed by atoms with Crippen molar-refractivity contribution in [2.75, 3.05) is 0 Å². The van der Waals surface area contributed by atoms with Crippen LogP contribution in [0.3, 0.4) is 0 Å². The Morgan fingerprint density at radius 1 is 1.00 bits per heavy atom. The lowest BCUT2D eigenvalue weighted by Crippen LogP contribution is -2.14. The van der Waals surface area contributed by atoms with Gasteiger partial charge in [0.05, 0.1) is 5.56 Å². The van der Waals surface area contributed by atoms with Gasteiger partial charge >= 0.3 is 12.1 Å². The minimum atomic E-state index is -4.36. The van der Waals surface area contributed by atoms with E-state index in [4.69, 9.17) is 4.74 Å². The molecule has 0 saturated heterocycles. The summed E-state index contributed by atoms with van der Waals surface area (Å²) in [5.41, 5.74) is 3.35. The second-order valence-electron chi connectivity index (χ2n) is 8.13. The van der Waals surface area contributed by atoms with Crippen LogP contribution in [0.15, 0.2) is 78.2 Å². The molecule has 1 atom stereocenters. The molecule has 0 fully saturated rings. The first-order chi connectivity index (χ1) is 16.7. The predicted molar refractivity (Wildman–Crippen MR) is 129 cm³/mol. The zero-order valence-corrected chi connectivity index (χ0v) is 19.6. The highest BCUT2D eigenvalue weighted by Crippen LogP contribution is 2.31. The lowest BCUT2D eigenvalue weighted by atomic mass is 10.00. The SMILES string of the molecule is Cc1csc(C(Cc2ccc(OCc3cccc(-c4ccc(C(F)(F)F)cc4)c3)cc2)C(=O)O)n1. The highest BCUT2D eigenvalue weighted by Gasteiger charge is 2.30. The summed E-state index contributed by atoms with van der Waals surface area (Å²) in [6.07, 6.45) is -4.03. The van der Waals surface area contributed by atoms with Crippen molar-refractivity contribution in [2.24, 2.45) is 0 Å². The van der Waals surface area contributed by atoms with E-state index in [9.17, 15) is 23.1 Å². The van der Waals surface area contributed by atoms with Gasteiger partial charge in [-0.15, -0.1) is 11.3 Å². The number of hydrogen-bond donors (Lipinski definition) is 1. The number of rotatable bonds is 8. The number of alkyl halides is 3. The molecule has 0 spiro atoms. The maximum absolute atomic E-state index is 12.8. The van der Waals surface area contributed by atoms with Gasteiger partial charge in [0.25, 0.3) is 0 Å². The number of thiazole rings is 1. The molecule has 0 saturated carbocycles. The van der Waals surface area contributed by atoms with Crippen LogP contribution in [0.25, 0.3) is 11.1 Å². The Morgan fingerprint density at radius 2 is 1.71 bits per heavy atom. The van der Waals surface area contributed by atoms with Crippen LogP contribution in [-0.4, -0.2) is 16.1 Å². The van der Waals surface area contributed by atoms with E-state index >= 15 is 0 Å². The van der Waals surface area contributed by atoms with Crippen LogP contribution < -0.4 is 4.74 Å².